The number of hydrogen-bond donors (Lipinski definition) is 1. The third-order valence-corrected chi connectivity index (χ3v) is 5.20. The van der Waals surface area contributed by atoms with Gasteiger partial charge in [0.15, 0.2) is 0 Å². The number of nitrogens with one attached hydrogen (secondary N) is 1. The third kappa shape index (κ3) is 4.44. The predicted molar refractivity (Wildman–Crippen MR) is 103 cm³/mol. The van der Waals surface area contributed by atoms with Crippen molar-refractivity contribution >= 4 is 0 Å². The highest BCUT2D eigenvalue weighted by molar-refractivity contribution is 5.57. The largest absolute Gasteiger partial charge is 0.381 e. The Bertz CT molecular complexity index is 900. The van der Waals surface area contributed by atoms with Crippen LogP contribution in [0.15, 0.2) is 35.4 Å². The Balaban J connectivity index is 1.58. The van der Waals surface area contributed by atoms with Gasteiger partial charge in [0.25, 0.3) is 5.56 Å². The highest BCUT2D eigenvalue weighted by Crippen LogP contribution is 2.22. The first kappa shape index (κ1) is 17.9. The molecule has 0 bridgehead atoms. The van der Waals surface area contributed by atoms with Crippen molar-refractivity contribution in [3.63, 3.8) is 0 Å². The fourth-order valence-corrected chi connectivity index (χ4v) is 3.62. The van der Waals surface area contributed by atoms with Crippen molar-refractivity contribution in [2.75, 3.05) is 26.3 Å². The van der Waals surface area contributed by atoms with Crippen LogP contribution in [-0.2, 0) is 4.74 Å². The van der Waals surface area contributed by atoms with Crippen molar-refractivity contribution in [1.29, 1.82) is 0 Å². The van der Waals surface area contributed by atoms with E-state index in [2.05, 4.69) is 27.1 Å². The molecule has 27 heavy (non-hydrogen) atoms. The standard InChI is InChI=1S/C21H24N4O2/c26-21-4-2-17(15-25(21)18-8-13-27-14-9-18)19-7-12-23-20(24-19)3-1-16-5-10-22-11-6-16/h2,4,7,12,15-16,18,22H,5-6,8-11,13-14H2. The molecule has 2 aromatic heterocycles. The summed E-state index contributed by atoms with van der Waals surface area (Å²) in [6.45, 7) is 3.44. The van der Waals surface area contributed by atoms with Crippen LogP contribution in [0.4, 0.5) is 0 Å². The summed E-state index contributed by atoms with van der Waals surface area (Å²) >= 11 is 0. The van der Waals surface area contributed by atoms with Crippen molar-refractivity contribution in [2.45, 2.75) is 31.7 Å². The average Bonchev–Trinajstić information content (AvgIpc) is 2.74. The SMILES string of the molecule is O=c1ccc(-c2ccnc(C#CC3CCNCC3)n2)cn1C1CCOCC1. The molecule has 0 radical (unpaired) electrons. The summed E-state index contributed by atoms with van der Waals surface area (Å²) in [5, 5.41) is 3.35. The van der Waals surface area contributed by atoms with Crippen LogP contribution >= 0.6 is 0 Å². The molecule has 2 saturated heterocycles. The topological polar surface area (TPSA) is 69.0 Å². The van der Waals surface area contributed by atoms with Crippen LogP contribution in [0, 0.1) is 17.8 Å². The first-order valence-corrected chi connectivity index (χ1v) is 9.65. The summed E-state index contributed by atoms with van der Waals surface area (Å²) in [5.74, 6) is 7.38. The Morgan fingerprint density at radius 1 is 1.11 bits per heavy atom. The van der Waals surface area contributed by atoms with E-state index >= 15 is 0 Å². The molecule has 2 aliphatic rings. The number of aromatic nitrogens is 3. The normalized spacial score (nSPS) is 18.7. The fraction of sp³-hybridized carbons (Fsp3) is 0.476. The third-order valence-electron chi connectivity index (χ3n) is 5.20. The molecule has 2 fully saturated rings. The van der Waals surface area contributed by atoms with Crippen LogP contribution in [0.5, 0.6) is 0 Å². The Labute approximate surface area is 159 Å². The smallest absolute Gasteiger partial charge is 0.250 e. The average molecular weight is 364 g/mol. The van der Waals surface area contributed by atoms with Gasteiger partial charge in [-0.2, -0.15) is 0 Å². The molecule has 2 aliphatic heterocycles. The van der Waals surface area contributed by atoms with Crippen LogP contribution in [0.3, 0.4) is 0 Å². The molecule has 4 rings (SSSR count). The van der Waals surface area contributed by atoms with E-state index in [1.807, 2.05) is 22.9 Å². The van der Waals surface area contributed by atoms with Crippen LogP contribution in [0.25, 0.3) is 11.3 Å². The molecule has 140 valence electrons. The van der Waals surface area contributed by atoms with E-state index in [-0.39, 0.29) is 11.6 Å². The van der Waals surface area contributed by atoms with Gasteiger partial charge in [0.1, 0.15) is 0 Å². The Morgan fingerprint density at radius 3 is 2.74 bits per heavy atom. The van der Waals surface area contributed by atoms with Crippen molar-refractivity contribution in [3.8, 4) is 23.1 Å². The lowest BCUT2D eigenvalue weighted by Gasteiger charge is -2.24. The molecule has 0 atom stereocenters. The predicted octanol–water partition coefficient (Wildman–Crippen LogP) is 2.01. The van der Waals surface area contributed by atoms with E-state index in [1.54, 1.807) is 12.3 Å². The van der Waals surface area contributed by atoms with Crippen LogP contribution in [0.1, 0.15) is 37.5 Å². The summed E-state index contributed by atoms with van der Waals surface area (Å²) in [7, 11) is 0. The number of pyridine rings is 1. The summed E-state index contributed by atoms with van der Waals surface area (Å²) in [5.41, 5.74) is 1.72. The first-order chi connectivity index (χ1) is 13.3. The molecule has 6 nitrogen and oxygen atoms in total. The lowest BCUT2D eigenvalue weighted by Crippen LogP contribution is -2.28. The monoisotopic (exact) mass is 364 g/mol. The molecule has 4 heterocycles. The number of ether oxygens (including phenoxy) is 1. The van der Waals surface area contributed by atoms with Gasteiger partial charge in [-0.15, -0.1) is 0 Å². The molecule has 0 unspecified atom stereocenters. The molecule has 0 spiro atoms. The van der Waals surface area contributed by atoms with E-state index in [0.717, 1.165) is 50.0 Å². The van der Waals surface area contributed by atoms with Gasteiger partial charge in [0.05, 0.1) is 5.69 Å². The highest BCUT2D eigenvalue weighted by atomic mass is 16.5. The first-order valence-electron chi connectivity index (χ1n) is 9.65. The molecule has 0 saturated carbocycles. The van der Waals surface area contributed by atoms with E-state index in [9.17, 15) is 4.79 Å². The quantitative estimate of drug-likeness (QED) is 0.826. The molecule has 2 aromatic rings. The minimum Gasteiger partial charge on any atom is -0.381 e. The maximum absolute atomic E-state index is 12.3. The van der Waals surface area contributed by atoms with Crippen LogP contribution in [-0.4, -0.2) is 40.8 Å². The number of hydrogen-bond acceptors (Lipinski definition) is 5. The summed E-state index contributed by atoms with van der Waals surface area (Å²) < 4.78 is 7.23. The Kier molecular flexibility index (Phi) is 5.61. The minimum absolute atomic E-state index is 0.0191. The van der Waals surface area contributed by atoms with Gasteiger partial charge >= 0.3 is 0 Å². The molecule has 0 aromatic carbocycles. The van der Waals surface area contributed by atoms with Gasteiger partial charge in [-0.05, 0) is 56.8 Å². The Morgan fingerprint density at radius 2 is 1.93 bits per heavy atom. The molecular formula is C21H24N4O2. The molecule has 0 amide bonds. The number of piperidine rings is 1. The molecular weight excluding hydrogens is 340 g/mol. The van der Waals surface area contributed by atoms with Gasteiger partial charge in [-0.25, -0.2) is 9.97 Å². The number of rotatable bonds is 2. The second kappa shape index (κ2) is 8.47. The van der Waals surface area contributed by atoms with Gasteiger partial charge in [0, 0.05) is 49.2 Å². The van der Waals surface area contributed by atoms with Gasteiger partial charge in [-0.1, -0.05) is 5.92 Å². The van der Waals surface area contributed by atoms with Gasteiger partial charge in [0.2, 0.25) is 5.82 Å². The molecule has 1 N–H and O–H groups in total. The molecule has 6 heteroatoms. The van der Waals surface area contributed by atoms with E-state index in [1.165, 1.54) is 0 Å². The summed E-state index contributed by atoms with van der Waals surface area (Å²) in [6.07, 6.45) is 7.51. The van der Waals surface area contributed by atoms with Crippen LogP contribution in [0.2, 0.25) is 0 Å². The summed E-state index contributed by atoms with van der Waals surface area (Å²) in [6, 6.07) is 5.49. The lowest BCUT2D eigenvalue weighted by atomic mass is 9.99. The van der Waals surface area contributed by atoms with Crippen molar-refractivity contribution in [2.24, 2.45) is 5.92 Å². The summed E-state index contributed by atoms with van der Waals surface area (Å²) in [4.78, 5) is 21.2. The zero-order valence-corrected chi connectivity index (χ0v) is 15.4. The van der Waals surface area contributed by atoms with E-state index < -0.39 is 0 Å². The lowest BCUT2D eigenvalue weighted by molar-refractivity contribution is 0.0687. The highest BCUT2D eigenvalue weighted by Gasteiger charge is 2.17. The minimum atomic E-state index is 0.0191. The van der Waals surface area contributed by atoms with Crippen LogP contribution < -0.4 is 10.9 Å². The number of nitrogens with zero attached hydrogens (tertiary/aromatic N) is 3. The second-order valence-electron chi connectivity index (χ2n) is 7.07. The zero-order valence-electron chi connectivity index (χ0n) is 15.4. The molecule has 0 aliphatic carbocycles. The van der Waals surface area contributed by atoms with Gasteiger partial charge < -0.3 is 14.6 Å². The second-order valence-corrected chi connectivity index (χ2v) is 7.07. The maximum atomic E-state index is 12.3. The Hall–Kier alpha value is -2.49. The zero-order chi connectivity index (χ0) is 18.5. The van der Waals surface area contributed by atoms with Gasteiger partial charge in [-0.3, -0.25) is 4.79 Å². The maximum Gasteiger partial charge on any atom is 0.250 e. The van der Waals surface area contributed by atoms with E-state index in [4.69, 9.17) is 4.74 Å². The fourth-order valence-electron chi connectivity index (χ4n) is 3.62. The van der Waals surface area contributed by atoms with Crippen molar-refractivity contribution < 1.29 is 4.74 Å². The van der Waals surface area contributed by atoms with E-state index in [0.29, 0.717) is 25.0 Å². The van der Waals surface area contributed by atoms with Crippen molar-refractivity contribution in [1.82, 2.24) is 19.9 Å². The van der Waals surface area contributed by atoms with Crippen molar-refractivity contribution in [3.05, 3.63) is 46.8 Å².